The number of hydrogen-bond donors (Lipinski definition) is 2. The number of aryl methyl sites for hydroxylation is 1. The van der Waals surface area contributed by atoms with E-state index < -0.39 is 0 Å². The molecule has 0 bridgehead atoms. The molecule has 2 N–H and O–H groups in total. The molecule has 1 aromatic heterocycles. The lowest BCUT2D eigenvalue weighted by Crippen LogP contribution is -2.34. The van der Waals surface area contributed by atoms with Gasteiger partial charge in [0.1, 0.15) is 0 Å². The van der Waals surface area contributed by atoms with Crippen molar-refractivity contribution in [2.24, 2.45) is 0 Å². The quantitative estimate of drug-likeness (QED) is 0.783. The second kappa shape index (κ2) is 5.34. The van der Waals surface area contributed by atoms with Crippen LogP contribution in [0, 0.1) is 6.92 Å². The number of amides is 1. The second-order valence-electron chi connectivity index (χ2n) is 3.76. The Hall–Kier alpha value is -1.58. The van der Waals surface area contributed by atoms with Crippen LogP contribution in [-0.2, 0) is 4.79 Å². The van der Waals surface area contributed by atoms with E-state index in [1.807, 2.05) is 32.9 Å². The molecule has 82 valence electrons. The van der Waals surface area contributed by atoms with Gasteiger partial charge in [-0.25, -0.2) is 0 Å². The van der Waals surface area contributed by atoms with Crippen molar-refractivity contribution in [2.45, 2.75) is 26.8 Å². The Morgan fingerprint density at radius 1 is 1.53 bits per heavy atom. The maximum absolute atomic E-state index is 11.3. The topological polar surface area (TPSA) is 54.0 Å². The Kier molecular flexibility index (Phi) is 4.09. The first-order valence-electron chi connectivity index (χ1n) is 5.04. The molecule has 15 heavy (non-hydrogen) atoms. The third kappa shape index (κ3) is 4.44. The Morgan fingerprint density at radius 2 is 2.27 bits per heavy atom. The van der Waals surface area contributed by atoms with E-state index in [0.717, 1.165) is 11.4 Å². The van der Waals surface area contributed by atoms with E-state index in [2.05, 4.69) is 15.6 Å². The summed E-state index contributed by atoms with van der Waals surface area (Å²) in [6, 6.07) is 3.93. The van der Waals surface area contributed by atoms with Gasteiger partial charge in [-0.15, -0.1) is 0 Å². The molecule has 0 aliphatic carbocycles. The number of nitrogens with zero attached hydrogens (tertiary/aromatic N) is 1. The molecule has 0 fully saturated rings. The van der Waals surface area contributed by atoms with Gasteiger partial charge in [-0.05, 0) is 32.9 Å². The molecular weight excluding hydrogens is 190 g/mol. The van der Waals surface area contributed by atoms with Gasteiger partial charge in [-0.2, -0.15) is 0 Å². The first-order valence-corrected chi connectivity index (χ1v) is 5.04. The van der Waals surface area contributed by atoms with Gasteiger partial charge in [-0.3, -0.25) is 9.78 Å². The van der Waals surface area contributed by atoms with E-state index in [0.29, 0.717) is 6.54 Å². The molecule has 1 amide bonds. The molecular formula is C11H17N3O. The highest BCUT2D eigenvalue weighted by Gasteiger charge is 2.02. The molecule has 1 rings (SSSR count). The zero-order valence-corrected chi connectivity index (χ0v) is 9.37. The number of pyridine rings is 1. The lowest BCUT2D eigenvalue weighted by atomic mass is 10.3. The first-order chi connectivity index (χ1) is 7.08. The third-order valence-corrected chi connectivity index (χ3v) is 1.80. The number of rotatable bonds is 4. The lowest BCUT2D eigenvalue weighted by molar-refractivity contribution is -0.119. The van der Waals surface area contributed by atoms with Crippen LogP contribution < -0.4 is 10.6 Å². The summed E-state index contributed by atoms with van der Waals surface area (Å²) in [5, 5.41) is 5.85. The molecule has 0 spiro atoms. The lowest BCUT2D eigenvalue weighted by Gasteiger charge is -2.10. The molecule has 0 radical (unpaired) electrons. The molecule has 0 aliphatic rings. The molecule has 0 atom stereocenters. The summed E-state index contributed by atoms with van der Waals surface area (Å²) in [5.74, 6) is -0.000495. The summed E-state index contributed by atoms with van der Waals surface area (Å²) in [7, 11) is 0. The fourth-order valence-corrected chi connectivity index (χ4v) is 1.21. The summed E-state index contributed by atoms with van der Waals surface area (Å²) in [6.07, 6.45) is 1.72. The van der Waals surface area contributed by atoms with E-state index >= 15 is 0 Å². The van der Waals surface area contributed by atoms with Crippen LogP contribution in [0.1, 0.15) is 19.5 Å². The molecule has 0 saturated heterocycles. The minimum atomic E-state index is -0.000495. The second-order valence-corrected chi connectivity index (χ2v) is 3.76. The minimum Gasteiger partial charge on any atom is -0.376 e. The van der Waals surface area contributed by atoms with Gasteiger partial charge in [0.15, 0.2) is 0 Å². The van der Waals surface area contributed by atoms with Crippen LogP contribution in [0.25, 0.3) is 0 Å². The Balaban J connectivity index is 2.40. The van der Waals surface area contributed by atoms with Crippen LogP contribution in [-0.4, -0.2) is 23.5 Å². The molecule has 4 nitrogen and oxygen atoms in total. The van der Waals surface area contributed by atoms with E-state index in [-0.39, 0.29) is 11.9 Å². The number of aromatic nitrogens is 1. The highest BCUT2D eigenvalue weighted by atomic mass is 16.1. The predicted molar refractivity (Wildman–Crippen MR) is 60.7 cm³/mol. The van der Waals surface area contributed by atoms with Crippen molar-refractivity contribution in [3.8, 4) is 0 Å². The molecule has 1 aromatic rings. The van der Waals surface area contributed by atoms with Crippen molar-refractivity contribution in [1.29, 1.82) is 0 Å². The Morgan fingerprint density at radius 3 is 2.87 bits per heavy atom. The number of anilines is 1. The van der Waals surface area contributed by atoms with E-state index in [1.54, 1.807) is 6.20 Å². The standard InChI is InChI=1S/C11H17N3O/c1-8(2)14-11(15)7-13-10-4-5-12-9(3)6-10/h4-6,8H,7H2,1-3H3,(H,12,13)(H,14,15). The number of carbonyl (C=O) groups is 1. The normalized spacial score (nSPS) is 10.1. The van der Waals surface area contributed by atoms with Gasteiger partial charge >= 0.3 is 0 Å². The average Bonchev–Trinajstić information content (AvgIpc) is 2.14. The highest BCUT2D eigenvalue weighted by Crippen LogP contribution is 2.05. The van der Waals surface area contributed by atoms with Crippen LogP contribution >= 0.6 is 0 Å². The summed E-state index contributed by atoms with van der Waals surface area (Å²) in [6.45, 7) is 6.09. The van der Waals surface area contributed by atoms with Crippen LogP contribution in [0.15, 0.2) is 18.3 Å². The molecule has 0 aromatic carbocycles. The molecule has 1 heterocycles. The van der Waals surface area contributed by atoms with Gasteiger partial charge in [0.25, 0.3) is 0 Å². The predicted octanol–water partition coefficient (Wildman–Crippen LogP) is 1.33. The van der Waals surface area contributed by atoms with Gasteiger partial charge < -0.3 is 10.6 Å². The number of carbonyl (C=O) groups excluding carboxylic acids is 1. The molecule has 4 heteroatoms. The van der Waals surface area contributed by atoms with E-state index in [1.165, 1.54) is 0 Å². The van der Waals surface area contributed by atoms with Crippen molar-refractivity contribution >= 4 is 11.6 Å². The fraction of sp³-hybridized carbons (Fsp3) is 0.455. The zero-order valence-electron chi connectivity index (χ0n) is 9.37. The van der Waals surface area contributed by atoms with Crippen molar-refractivity contribution in [3.05, 3.63) is 24.0 Å². The Bertz CT molecular complexity index is 336. The van der Waals surface area contributed by atoms with Gasteiger partial charge in [0.2, 0.25) is 5.91 Å². The average molecular weight is 207 g/mol. The smallest absolute Gasteiger partial charge is 0.239 e. The van der Waals surface area contributed by atoms with Crippen LogP contribution in [0.5, 0.6) is 0 Å². The van der Waals surface area contributed by atoms with E-state index in [4.69, 9.17) is 0 Å². The van der Waals surface area contributed by atoms with Gasteiger partial charge in [0, 0.05) is 23.6 Å². The molecule has 0 aliphatic heterocycles. The molecule has 0 unspecified atom stereocenters. The summed E-state index contributed by atoms with van der Waals surface area (Å²) in [4.78, 5) is 15.4. The monoisotopic (exact) mass is 207 g/mol. The van der Waals surface area contributed by atoms with Gasteiger partial charge in [0.05, 0.1) is 6.54 Å². The van der Waals surface area contributed by atoms with Crippen molar-refractivity contribution < 1.29 is 4.79 Å². The zero-order chi connectivity index (χ0) is 11.3. The summed E-state index contributed by atoms with van der Waals surface area (Å²) >= 11 is 0. The molecule has 0 saturated carbocycles. The number of hydrogen-bond acceptors (Lipinski definition) is 3. The summed E-state index contributed by atoms with van der Waals surface area (Å²) < 4.78 is 0. The van der Waals surface area contributed by atoms with Crippen molar-refractivity contribution in [2.75, 3.05) is 11.9 Å². The maximum atomic E-state index is 11.3. The highest BCUT2D eigenvalue weighted by molar-refractivity contribution is 5.80. The fourth-order valence-electron chi connectivity index (χ4n) is 1.21. The van der Waals surface area contributed by atoms with Crippen LogP contribution in [0.4, 0.5) is 5.69 Å². The third-order valence-electron chi connectivity index (χ3n) is 1.80. The largest absolute Gasteiger partial charge is 0.376 e. The van der Waals surface area contributed by atoms with E-state index in [9.17, 15) is 4.79 Å². The first kappa shape index (κ1) is 11.5. The van der Waals surface area contributed by atoms with Crippen LogP contribution in [0.3, 0.4) is 0 Å². The van der Waals surface area contributed by atoms with Crippen LogP contribution in [0.2, 0.25) is 0 Å². The maximum Gasteiger partial charge on any atom is 0.239 e. The number of nitrogens with one attached hydrogen (secondary N) is 2. The minimum absolute atomic E-state index is 0.000495. The van der Waals surface area contributed by atoms with Crippen molar-refractivity contribution in [3.63, 3.8) is 0 Å². The van der Waals surface area contributed by atoms with Gasteiger partial charge in [-0.1, -0.05) is 0 Å². The SMILES string of the molecule is Cc1cc(NCC(=O)NC(C)C)ccn1. The summed E-state index contributed by atoms with van der Waals surface area (Å²) in [5.41, 5.74) is 1.85. The van der Waals surface area contributed by atoms with Crippen molar-refractivity contribution in [1.82, 2.24) is 10.3 Å². The Labute approximate surface area is 90.1 Å².